The molecule has 2 rings (SSSR count). The van der Waals surface area contributed by atoms with Gasteiger partial charge in [-0.25, -0.2) is 9.37 Å². The van der Waals surface area contributed by atoms with Crippen LogP contribution in [-0.2, 0) is 0 Å². The monoisotopic (exact) mass is 376 g/mol. The van der Waals surface area contributed by atoms with Crippen LogP contribution < -0.4 is 4.74 Å². The summed E-state index contributed by atoms with van der Waals surface area (Å²) in [6, 6.07) is 5.55. The molecule has 0 atom stereocenters. The zero-order valence-electron chi connectivity index (χ0n) is 12.5. The molecule has 1 aromatic carbocycles. The van der Waals surface area contributed by atoms with Gasteiger partial charge in [0.15, 0.2) is 5.57 Å². The van der Waals surface area contributed by atoms with Crippen LogP contribution in [0.5, 0.6) is 5.75 Å². The van der Waals surface area contributed by atoms with E-state index in [4.69, 9.17) is 16.3 Å². The lowest BCUT2D eigenvalue weighted by atomic mass is 10.1. The summed E-state index contributed by atoms with van der Waals surface area (Å²) in [6.45, 7) is 0. The number of nitrogens with zero attached hydrogens (tertiary/aromatic N) is 2. The van der Waals surface area contributed by atoms with E-state index >= 15 is 0 Å². The maximum atomic E-state index is 13.3. The number of halogens is 5. The first kappa shape index (κ1) is 18.7. The molecule has 1 aromatic heterocycles. The molecule has 0 aliphatic heterocycles. The molecule has 0 unspecified atom stereocenters. The van der Waals surface area contributed by atoms with Gasteiger partial charge in [-0.2, -0.15) is 13.2 Å². The number of allylic oxidation sites excluding steroid dienone is 1. The van der Waals surface area contributed by atoms with Crippen LogP contribution in [0.1, 0.15) is 5.69 Å². The third kappa shape index (κ3) is 4.24. The highest BCUT2D eigenvalue weighted by Gasteiger charge is 2.39. The summed E-state index contributed by atoms with van der Waals surface area (Å²) in [5.41, 5.74) is -2.09. The van der Waals surface area contributed by atoms with E-state index in [2.05, 4.69) is 4.98 Å². The molecule has 0 aliphatic rings. The second-order valence-corrected chi connectivity index (χ2v) is 5.11. The van der Waals surface area contributed by atoms with E-state index < -0.39 is 28.2 Å². The SMILES string of the molecule is COc1ccc(C(=C[N+](=O)[O-])C(F)(F)F)nc1-c1ccc(F)c(Cl)c1. The highest BCUT2D eigenvalue weighted by molar-refractivity contribution is 6.31. The molecule has 0 aliphatic carbocycles. The van der Waals surface area contributed by atoms with Crippen LogP contribution in [0.25, 0.3) is 16.8 Å². The molecular formula is C15H9ClF4N2O3. The Balaban J connectivity index is 2.67. The van der Waals surface area contributed by atoms with E-state index in [1.807, 2.05) is 0 Å². The molecule has 1 heterocycles. The maximum Gasteiger partial charge on any atom is 0.424 e. The van der Waals surface area contributed by atoms with Crippen molar-refractivity contribution in [3.05, 3.63) is 63.2 Å². The number of rotatable bonds is 4. The number of hydrogen-bond acceptors (Lipinski definition) is 4. The first-order valence-corrected chi connectivity index (χ1v) is 6.94. The summed E-state index contributed by atoms with van der Waals surface area (Å²) >= 11 is 5.68. The summed E-state index contributed by atoms with van der Waals surface area (Å²) in [7, 11) is 1.27. The molecule has 5 nitrogen and oxygen atoms in total. The third-order valence-corrected chi connectivity index (χ3v) is 3.38. The fourth-order valence-corrected chi connectivity index (χ4v) is 2.18. The standard InChI is InChI=1S/C15H9ClF4N2O3/c1-25-13-5-4-12(9(7-22(23)24)15(18,19)20)21-14(13)8-2-3-11(17)10(16)6-8/h2-7H,1H3. The zero-order valence-corrected chi connectivity index (χ0v) is 13.2. The topological polar surface area (TPSA) is 65.3 Å². The third-order valence-electron chi connectivity index (χ3n) is 3.09. The number of pyridine rings is 1. The molecule has 132 valence electrons. The van der Waals surface area contributed by atoms with Crippen molar-refractivity contribution in [3.8, 4) is 17.0 Å². The average molecular weight is 377 g/mol. The number of ether oxygens (including phenoxy) is 1. The molecule has 0 spiro atoms. The highest BCUT2D eigenvalue weighted by Crippen LogP contribution is 2.37. The molecule has 0 saturated carbocycles. The van der Waals surface area contributed by atoms with E-state index in [0.717, 1.165) is 18.2 Å². The number of aromatic nitrogens is 1. The van der Waals surface area contributed by atoms with Crippen molar-refractivity contribution < 1.29 is 27.2 Å². The smallest absolute Gasteiger partial charge is 0.424 e. The van der Waals surface area contributed by atoms with Gasteiger partial charge in [0.1, 0.15) is 17.3 Å². The van der Waals surface area contributed by atoms with Crippen molar-refractivity contribution in [2.24, 2.45) is 0 Å². The second-order valence-electron chi connectivity index (χ2n) is 4.70. The Morgan fingerprint density at radius 3 is 2.52 bits per heavy atom. The lowest BCUT2D eigenvalue weighted by molar-refractivity contribution is -0.402. The number of alkyl halides is 3. The summed E-state index contributed by atoms with van der Waals surface area (Å²) < 4.78 is 57.6. The molecule has 0 N–H and O–H groups in total. The second kappa shape index (κ2) is 7.06. The van der Waals surface area contributed by atoms with E-state index in [9.17, 15) is 27.7 Å². The molecule has 0 bridgehead atoms. The minimum absolute atomic E-state index is 0.0691. The minimum atomic E-state index is -4.99. The quantitative estimate of drug-likeness (QED) is 0.439. The fourth-order valence-electron chi connectivity index (χ4n) is 2.00. The van der Waals surface area contributed by atoms with Crippen molar-refractivity contribution in [2.75, 3.05) is 7.11 Å². The van der Waals surface area contributed by atoms with Crippen LogP contribution in [0.3, 0.4) is 0 Å². The van der Waals surface area contributed by atoms with Crippen LogP contribution in [0.15, 0.2) is 36.5 Å². The lowest BCUT2D eigenvalue weighted by Crippen LogP contribution is -2.14. The van der Waals surface area contributed by atoms with Crippen molar-refractivity contribution in [1.82, 2.24) is 4.98 Å². The van der Waals surface area contributed by atoms with Gasteiger partial charge in [-0.1, -0.05) is 11.6 Å². The van der Waals surface area contributed by atoms with Crippen molar-refractivity contribution in [3.63, 3.8) is 0 Å². The van der Waals surface area contributed by atoms with Gasteiger partial charge in [0.25, 0.3) is 0 Å². The zero-order chi connectivity index (χ0) is 18.8. The molecule has 0 saturated heterocycles. The van der Waals surface area contributed by atoms with Crippen LogP contribution in [0.4, 0.5) is 17.6 Å². The van der Waals surface area contributed by atoms with Crippen LogP contribution in [0.2, 0.25) is 5.02 Å². The van der Waals surface area contributed by atoms with Crippen LogP contribution in [-0.4, -0.2) is 23.2 Å². The van der Waals surface area contributed by atoms with Gasteiger partial charge in [-0.3, -0.25) is 10.1 Å². The Labute approximate surface area is 143 Å². The van der Waals surface area contributed by atoms with Gasteiger partial charge in [0, 0.05) is 5.56 Å². The van der Waals surface area contributed by atoms with Gasteiger partial charge in [-0.05, 0) is 30.3 Å². The Morgan fingerprint density at radius 2 is 2.00 bits per heavy atom. The molecule has 0 amide bonds. The average Bonchev–Trinajstić information content (AvgIpc) is 2.53. The summed E-state index contributed by atoms with van der Waals surface area (Å²) in [5.74, 6) is -0.626. The molecule has 0 fully saturated rings. The number of methoxy groups -OCH3 is 1. The normalized spacial score (nSPS) is 12.2. The molecule has 10 heteroatoms. The summed E-state index contributed by atoms with van der Waals surface area (Å²) in [5, 5.41) is 10.2. The Bertz CT molecular complexity index is 853. The van der Waals surface area contributed by atoms with E-state index in [1.165, 1.54) is 19.2 Å². The van der Waals surface area contributed by atoms with Crippen molar-refractivity contribution in [1.29, 1.82) is 0 Å². The predicted molar refractivity (Wildman–Crippen MR) is 82.2 cm³/mol. The Morgan fingerprint density at radius 1 is 1.32 bits per heavy atom. The van der Waals surface area contributed by atoms with Crippen molar-refractivity contribution in [2.45, 2.75) is 6.18 Å². The molecule has 25 heavy (non-hydrogen) atoms. The first-order valence-electron chi connectivity index (χ1n) is 6.57. The fraction of sp³-hybridized carbons (Fsp3) is 0.133. The molecular weight excluding hydrogens is 368 g/mol. The Kier molecular flexibility index (Phi) is 5.27. The van der Waals surface area contributed by atoms with E-state index in [-0.39, 0.29) is 28.2 Å². The van der Waals surface area contributed by atoms with E-state index in [1.54, 1.807) is 0 Å². The predicted octanol–water partition coefficient (Wildman–Crippen LogP) is 4.73. The minimum Gasteiger partial charge on any atom is -0.494 e. The van der Waals surface area contributed by atoms with Crippen LogP contribution >= 0.6 is 11.6 Å². The van der Waals surface area contributed by atoms with E-state index in [0.29, 0.717) is 0 Å². The first-order chi connectivity index (χ1) is 11.6. The molecule has 0 radical (unpaired) electrons. The largest absolute Gasteiger partial charge is 0.494 e. The van der Waals surface area contributed by atoms with Gasteiger partial charge < -0.3 is 4.74 Å². The lowest BCUT2D eigenvalue weighted by Gasteiger charge is -2.13. The van der Waals surface area contributed by atoms with Gasteiger partial charge in [0.05, 0.1) is 22.7 Å². The maximum absolute atomic E-state index is 13.3. The van der Waals surface area contributed by atoms with Gasteiger partial charge >= 0.3 is 6.18 Å². The Hall–Kier alpha value is -2.68. The number of benzene rings is 1. The summed E-state index contributed by atoms with van der Waals surface area (Å²) in [4.78, 5) is 13.1. The molecule has 2 aromatic rings. The van der Waals surface area contributed by atoms with Gasteiger partial charge in [0.2, 0.25) is 6.20 Å². The van der Waals surface area contributed by atoms with Crippen molar-refractivity contribution >= 4 is 17.2 Å². The highest BCUT2D eigenvalue weighted by atomic mass is 35.5. The number of hydrogen-bond donors (Lipinski definition) is 0. The summed E-state index contributed by atoms with van der Waals surface area (Å²) in [6.07, 6.45) is -5.16. The van der Waals surface area contributed by atoms with Gasteiger partial charge in [-0.15, -0.1) is 0 Å². The van der Waals surface area contributed by atoms with Crippen LogP contribution in [0, 0.1) is 15.9 Å². The number of nitro groups is 1.